The normalized spacial score (nSPS) is 46.9. The highest BCUT2D eigenvalue weighted by atomic mass is 16.5. The summed E-state index contributed by atoms with van der Waals surface area (Å²) >= 11 is 0. The predicted molar refractivity (Wildman–Crippen MR) is 59.0 cm³/mol. The van der Waals surface area contributed by atoms with Gasteiger partial charge in [0.05, 0.1) is 0 Å². The molecule has 1 unspecified atom stereocenters. The molecule has 0 amide bonds. The summed E-state index contributed by atoms with van der Waals surface area (Å²) < 4.78 is 5.24. The van der Waals surface area contributed by atoms with Crippen LogP contribution in [0.3, 0.4) is 0 Å². The molecule has 0 saturated heterocycles. The third kappa shape index (κ3) is 1.48. The van der Waals surface area contributed by atoms with Crippen LogP contribution in [0.5, 0.6) is 0 Å². The van der Waals surface area contributed by atoms with Crippen LogP contribution in [0.15, 0.2) is 0 Å². The van der Waals surface area contributed by atoms with Crippen molar-refractivity contribution in [1.82, 2.24) is 0 Å². The predicted octanol–water partition coefficient (Wildman–Crippen LogP) is 2.16. The second-order valence-electron chi connectivity index (χ2n) is 6.00. The molecule has 0 aliphatic heterocycles. The summed E-state index contributed by atoms with van der Waals surface area (Å²) in [5.74, 6) is 2.56. The highest BCUT2D eigenvalue weighted by Crippen LogP contribution is 2.57. The van der Waals surface area contributed by atoms with Crippen molar-refractivity contribution < 1.29 is 14.6 Å². The van der Waals surface area contributed by atoms with Crippen LogP contribution in [0.25, 0.3) is 0 Å². The van der Waals surface area contributed by atoms with Crippen LogP contribution in [0.2, 0.25) is 0 Å². The first-order chi connectivity index (χ1) is 7.69. The van der Waals surface area contributed by atoms with Gasteiger partial charge in [-0.15, -0.1) is 0 Å². The quantitative estimate of drug-likeness (QED) is 0.799. The van der Waals surface area contributed by atoms with E-state index in [-0.39, 0.29) is 5.92 Å². The Labute approximate surface area is 96.2 Å². The minimum atomic E-state index is -0.764. The lowest BCUT2D eigenvalue weighted by atomic mass is 9.51. The van der Waals surface area contributed by atoms with Crippen LogP contribution in [0.1, 0.15) is 32.1 Å². The smallest absolute Gasteiger partial charge is 0.333 e. The van der Waals surface area contributed by atoms with Gasteiger partial charge < -0.3 is 9.84 Å². The first-order valence-electron chi connectivity index (χ1n) is 6.44. The van der Waals surface area contributed by atoms with Crippen molar-refractivity contribution in [2.45, 2.75) is 38.2 Å². The highest BCUT2D eigenvalue weighted by molar-refractivity contribution is 5.72. The van der Waals surface area contributed by atoms with Crippen molar-refractivity contribution in [3.05, 3.63) is 0 Å². The van der Waals surface area contributed by atoms with Gasteiger partial charge in [-0.25, -0.2) is 4.79 Å². The van der Waals surface area contributed by atoms with E-state index >= 15 is 0 Å². The van der Waals surface area contributed by atoms with Gasteiger partial charge in [0.1, 0.15) is 0 Å². The van der Waals surface area contributed by atoms with Crippen molar-refractivity contribution in [3.63, 3.8) is 0 Å². The van der Waals surface area contributed by atoms with Crippen LogP contribution in [-0.2, 0) is 9.53 Å². The number of hydrogen-bond acceptors (Lipinski definition) is 2. The van der Waals surface area contributed by atoms with E-state index in [1.165, 1.54) is 32.1 Å². The maximum Gasteiger partial charge on any atom is 0.333 e. The standard InChI is InChI=1S/C13H20O3/c1-16-12(13(14)15)11-9-3-7-2-8(5-9)6-10(11)4-7/h7-12H,2-6H2,1H3,(H,14,15). The maximum atomic E-state index is 11.2. The lowest BCUT2D eigenvalue weighted by Crippen LogP contribution is -2.51. The van der Waals surface area contributed by atoms with Gasteiger partial charge in [-0.3, -0.25) is 0 Å². The minimum Gasteiger partial charge on any atom is -0.479 e. The first-order valence-corrected chi connectivity index (χ1v) is 6.44. The lowest BCUT2D eigenvalue weighted by molar-refractivity contribution is -0.164. The van der Waals surface area contributed by atoms with Gasteiger partial charge in [-0.1, -0.05) is 0 Å². The molecule has 4 aliphatic carbocycles. The average Bonchev–Trinajstić information content (AvgIpc) is 2.21. The number of aliphatic carboxylic acids is 1. The van der Waals surface area contributed by atoms with E-state index in [1.807, 2.05) is 0 Å². The molecule has 0 aromatic rings. The fraction of sp³-hybridized carbons (Fsp3) is 0.923. The van der Waals surface area contributed by atoms with E-state index in [0.717, 1.165) is 11.8 Å². The summed E-state index contributed by atoms with van der Waals surface area (Å²) in [5.41, 5.74) is 0. The van der Waals surface area contributed by atoms with Gasteiger partial charge in [-0.05, 0) is 55.8 Å². The maximum absolute atomic E-state index is 11.2. The topological polar surface area (TPSA) is 46.5 Å². The monoisotopic (exact) mass is 224 g/mol. The number of rotatable bonds is 3. The summed E-state index contributed by atoms with van der Waals surface area (Å²) in [6.45, 7) is 0. The Kier molecular flexibility index (Phi) is 2.46. The zero-order chi connectivity index (χ0) is 11.3. The summed E-state index contributed by atoms with van der Waals surface area (Å²) in [6, 6.07) is 0. The molecule has 4 aliphatic rings. The van der Waals surface area contributed by atoms with Crippen LogP contribution >= 0.6 is 0 Å². The second kappa shape index (κ2) is 3.73. The van der Waals surface area contributed by atoms with Gasteiger partial charge in [-0.2, -0.15) is 0 Å². The Hall–Kier alpha value is -0.570. The Morgan fingerprint density at radius 3 is 2.00 bits per heavy atom. The Morgan fingerprint density at radius 1 is 1.12 bits per heavy atom. The molecule has 90 valence electrons. The molecule has 0 spiro atoms. The van der Waals surface area contributed by atoms with Gasteiger partial charge in [0.2, 0.25) is 0 Å². The van der Waals surface area contributed by atoms with Crippen molar-refractivity contribution in [1.29, 1.82) is 0 Å². The number of carbonyl (C=O) groups is 1. The molecule has 0 radical (unpaired) electrons. The molecule has 4 bridgehead atoms. The SMILES string of the molecule is COC(C(=O)O)C1C2CC3CC(C2)CC1C3. The van der Waals surface area contributed by atoms with Crippen LogP contribution in [0.4, 0.5) is 0 Å². The molecule has 0 aromatic carbocycles. The molecule has 1 N–H and O–H groups in total. The van der Waals surface area contributed by atoms with Crippen molar-refractivity contribution in [2.24, 2.45) is 29.6 Å². The highest BCUT2D eigenvalue weighted by Gasteiger charge is 2.52. The van der Waals surface area contributed by atoms with Gasteiger partial charge >= 0.3 is 5.97 Å². The van der Waals surface area contributed by atoms with E-state index in [1.54, 1.807) is 7.11 Å². The molecular weight excluding hydrogens is 204 g/mol. The Morgan fingerprint density at radius 2 is 1.62 bits per heavy atom. The molecule has 3 heteroatoms. The molecule has 4 fully saturated rings. The van der Waals surface area contributed by atoms with E-state index in [9.17, 15) is 9.90 Å². The van der Waals surface area contributed by atoms with E-state index < -0.39 is 12.1 Å². The number of carboxylic acid groups (broad SMARTS) is 1. The number of ether oxygens (including phenoxy) is 1. The summed E-state index contributed by atoms with van der Waals surface area (Å²) in [7, 11) is 1.55. The first kappa shape index (κ1) is 10.6. The van der Waals surface area contributed by atoms with Crippen LogP contribution < -0.4 is 0 Å². The number of carboxylic acids is 1. The summed E-state index contributed by atoms with van der Waals surface area (Å²) in [5, 5.41) is 9.23. The molecule has 3 nitrogen and oxygen atoms in total. The molecular formula is C13H20O3. The van der Waals surface area contributed by atoms with Gasteiger partial charge in [0.25, 0.3) is 0 Å². The van der Waals surface area contributed by atoms with Crippen LogP contribution in [-0.4, -0.2) is 24.3 Å². The largest absolute Gasteiger partial charge is 0.479 e. The van der Waals surface area contributed by atoms with Gasteiger partial charge in [0.15, 0.2) is 6.10 Å². The third-order valence-electron chi connectivity index (χ3n) is 5.15. The second-order valence-corrected chi connectivity index (χ2v) is 6.00. The van der Waals surface area contributed by atoms with E-state index in [4.69, 9.17) is 4.74 Å². The van der Waals surface area contributed by atoms with Crippen molar-refractivity contribution in [3.8, 4) is 0 Å². The number of hydrogen-bond donors (Lipinski definition) is 1. The van der Waals surface area contributed by atoms with Gasteiger partial charge in [0, 0.05) is 13.0 Å². The fourth-order valence-corrected chi connectivity index (χ4v) is 4.88. The minimum absolute atomic E-state index is 0.287. The summed E-state index contributed by atoms with van der Waals surface area (Å²) in [6.07, 6.45) is 5.87. The Bertz CT molecular complexity index is 272. The molecule has 0 aromatic heterocycles. The Balaban J connectivity index is 1.83. The molecule has 0 heterocycles. The third-order valence-corrected chi connectivity index (χ3v) is 5.15. The van der Waals surface area contributed by atoms with Crippen LogP contribution in [0, 0.1) is 29.6 Å². The lowest BCUT2D eigenvalue weighted by Gasteiger charge is -2.55. The molecule has 4 rings (SSSR count). The van der Waals surface area contributed by atoms with Crippen molar-refractivity contribution in [2.75, 3.05) is 7.11 Å². The zero-order valence-corrected chi connectivity index (χ0v) is 9.76. The number of methoxy groups -OCH3 is 1. The van der Waals surface area contributed by atoms with E-state index in [2.05, 4.69) is 0 Å². The zero-order valence-electron chi connectivity index (χ0n) is 9.76. The summed E-state index contributed by atoms with van der Waals surface area (Å²) in [4.78, 5) is 11.2. The average molecular weight is 224 g/mol. The molecule has 4 saturated carbocycles. The van der Waals surface area contributed by atoms with E-state index in [0.29, 0.717) is 11.8 Å². The van der Waals surface area contributed by atoms with Crippen molar-refractivity contribution >= 4 is 5.97 Å². The molecule has 1 atom stereocenters. The molecule has 16 heavy (non-hydrogen) atoms. The fourth-order valence-electron chi connectivity index (χ4n) is 4.88.